The number of aromatic nitrogens is 1. The van der Waals surface area contributed by atoms with Gasteiger partial charge in [0, 0.05) is 24.7 Å². The van der Waals surface area contributed by atoms with Crippen molar-refractivity contribution >= 4 is 38.3 Å². The van der Waals surface area contributed by atoms with E-state index in [1.165, 1.54) is 0 Å². The van der Waals surface area contributed by atoms with Gasteiger partial charge in [0.15, 0.2) is 5.13 Å². The first-order valence-corrected chi connectivity index (χ1v) is 7.59. The van der Waals surface area contributed by atoms with E-state index in [0.29, 0.717) is 13.0 Å². The van der Waals surface area contributed by atoms with Crippen LogP contribution >= 0.6 is 11.3 Å². The van der Waals surface area contributed by atoms with Crippen molar-refractivity contribution in [1.29, 1.82) is 0 Å². The minimum Gasteiger partial charge on any atom is -0.399 e. The Morgan fingerprint density at radius 2 is 2.30 bits per heavy atom. The third kappa shape index (κ3) is 3.84. The van der Waals surface area contributed by atoms with Crippen molar-refractivity contribution in [1.82, 2.24) is 10.3 Å². The number of nitrogens with zero attached hydrogens (tertiary/aromatic N) is 1. The first kappa shape index (κ1) is 14.6. The SMILES string of the molecule is CCC(C)NC(=O)CCNc1nc2ccc(N)cc2s1. The van der Waals surface area contributed by atoms with Crippen LogP contribution in [-0.4, -0.2) is 23.5 Å². The smallest absolute Gasteiger partial charge is 0.221 e. The molecule has 0 aliphatic carbocycles. The fourth-order valence-corrected chi connectivity index (χ4v) is 2.69. The lowest BCUT2D eigenvalue weighted by molar-refractivity contribution is -0.121. The second kappa shape index (κ2) is 6.56. The van der Waals surface area contributed by atoms with Crippen LogP contribution in [0.1, 0.15) is 26.7 Å². The number of nitrogen functional groups attached to an aromatic ring is 1. The van der Waals surface area contributed by atoms with Gasteiger partial charge in [-0.05, 0) is 31.5 Å². The van der Waals surface area contributed by atoms with Gasteiger partial charge in [-0.25, -0.2) is 4.98 Å². The van der Waals surface area contributed by atoms with Crippen LogP contribution in [0.3, 0.4) is 0 Å². The zero-order valence-corrected chi connectivity index (χ0v) is 12.6. The van der Waals surface area contributed by atoms with Crippen LogP contribution in [0.15, 0.2) is 18.2 Å². The summed E-state index contributed by atoms with van der Waals surface area (Å²) in [5.74, 6) is 0.0669. The van der Waals surface area contributed by atoms with E-state index in [1.54, 1.807) is 11.3 Å². The lowest BCUT2D eigenvalue weighted by atomic mass is 10.2. The molecule has 0 bridgehead atoms. The van der Waals surface area contributed by atoms with Gasteiger partial charge in [-0.3, -0.25) is 4.79 Å². The fraction of sp³-hybridized carbons (Fsp3) is 0.429. The van der Waals surface area contributed by atoms with E-state index in [0.717, 1.165) is 27.5 Å². The Morgan fingerprint density at radius 3 is 3.05 bits per heavy atom. The molecule has 5 nitrogen and oxygen atoms in total. The zero-order chi connectivity index (χ0) is 14.5. The van der Waals surface area contributed by atoms with Gasteiger partial charge in [0.05, 0.1) is 10.2 Å². The number of amides is 1. The summed E-state index contributed by atoms with van der Waals surface area (Å²) < 4.78 is 1.05. The highest BCUT2D eigenvalue weighted by Gasteiger charge is 2.07. The maximum atomic E-state index is 11.6. The number of rotatable bonds is 6. The average Bonchev–Trinajstić information content (AvgIpc) is 2.80. The predicted molar refractivity (Wildman–Crippen MR) is 85.0 cm³/mol. The average molecular weight is 292 g/mol. The van der Waals surface area contributed by atoms with E-state index in [9.17, 15) is 4.79 Å². The summed E-state index contributed by atoms with van der Waals surface area (Å²) in [6.07, 6.45) is 1.39. The molecule has 1 amide bonds. The molecule has 1 aromatic heterocycles. The van der Waals surface area contributed by atoms with Crippen molar-refractivity contribution in [2.45, 2.75) is 32.7 Å². The Balaban J connectivity index is 1.85. The number of anilines is 2. The number of fused-ring (bicyclic) bond motifs is 1. The Hall–Kier alpha value is -1.82. The van der Waals surface area contributed by atoms with E-state index in [-0.39, 0.29) is 11.9 Å². The quantitative estimate of drug-likeness (QED) is 0.715. The molecule has 6 heteroatoms. The first-order chi connectivity index (χ1) is 9.58. The molecule has 2 rings (SSSR count). The zero-order valence-electron chi connectivity index (χ0n) is 11.8. The minimum absolute atomic E-state index is 0.0669. The minimum atomic E-state index is 0.0669. The standard InChI is InChI=1S/C14H20N4OS/c1-3-9(2)17-13(19)6-7-16-14-18-11-5-4-10(15)8-12(11)20-14/h4-5,8-9H,3,6-7,15H2,1-2H3,(H,16,18)(H,17,19). The number of nitrogens with one attached hydrogen (secondary N) is 2. The summed E-state index contributed by atoms with van der Waals surface area (Å²) in [4.78, 5) is 16.1. The molecule has 1 unspecified atom stereocenters. The fourth-order valence-electron chi connectivity index (χ4n) is 1.75. The number of hydrogen-bond acceptors (Lipinski definition) is 5. The maximum Gasteiger partial charge on any atom is 0.221 e. The highest BCUT2D eigenvalue weighted by Crippen LogP contribution is 2.27. The molecule has 0 saturated heterocycles. The molecule has 1 heterocycles. The molecule has 1 atom stereocenters. The summed E-state index contributed by atoms with van der Waals surface area (Å²) in [6, 6.07) is 5.88. The topological polar surface area (TPSA) is 80.0 Å². The third-order valence-electron chi connectivity index (χ3n) is 3.06. The molecule has 2 aromatic rings. The van der Waals surface area contributed by atoms with Gasteiger partial charge >= 0.3 is 0 Å². The number of hydrogen-bond donors (Lipinski definition) is 3. The number of benzene rings is 1. The largest absolute Gasteiger partial charge is 0.399 e. The summed E-state index contributed by atoms with van der Waals surface area (Å²) in [6.45, 7) is 4.64. The van der Waals surface area contributed by atoms with Gasteiger partial charge in [0.2, 0.25) is 5.91 Å². The molecular formula is C14H20N4OS. The second-order valence-electron chi connectivity index (χ2n) is 4.80. The van der Waals surface area contributed by atoms with Crippen LogP contribution in [0, 0.1) is 0 Å². The molecule has 0 radical (unpaired) electrons. The summed E-state index contributed by atoms with van der Waals surface area (Å²) in [7, 11) is 0. The van der Waals surface area contributed by atoms with Crippen LogP contribution in [-0.2, 0) is 4.79 Å². The van der Waals surface area contributed by atoms with Crippen LogP contribution in [0.4, 0.5) is 10.8 Å². The Bertz CT molecular complexity index is 596. The molecule has 0 aliphatic heterocycles. The summed E-state index contributed by atoms with van der Waals surface area (Å²) in [5, 5.41) is 6.94. The van der Waals surface area contributed by atoms with E-state index in [1.807, 2.05) is 25.1 Å². The van der Waals surface area contributed by atoms with Gasteiger partial charge in [-0.1, -0.05) is 18.3 Å². The summed E-state index contributed by atoms with van der Waals surface area (Å²) in [5.41, 5.74) is 7.40. The second-order valence-corrected chi connectivity index (χ2v) is 5.83. The first-order valence-electron chi connectivity index (χ1n) is 6.77. The highest BCUT2D eigenvalue weighted by molar-refractivity contribution is 7.22. The van der Waals surface area contributed by atoms with E-state index in [4.69, 9.17) is 5.73 Å². The lowest BCUT2D eigenvalue weighted by Gasteiger charge is -2.11. The number of thiazole rings is 1. The van der Waals surface area contributed by atoms with Gasteiger partial charge in [-0.15, -0.1) is 0 Å². The maximum absolute atomic E-state index is 11.6. The van der Waals surface area contributed by atoms with Gasteiger partial charge in [0.25, 0.3) is 0 Å². The van der Waals surface area contributed by atoms with Crippen LogP contribution in [0.25, 0.3) is 10.2 Å². The lowest BCUT2D eigenvalue weighted by Crippen LogP contribution is -2.32. The van der Waals surface area contributed by atoms with Crippen molar-refractivity contribution in [3.63, 3.8) is 0 Å². The van der Waals surface area contributed by atoms with E-state index in [2.05, 4.69) is 22.5 Å². The van der Waals surface area contributed by atoms with Crippen molar-refractivity contribution < 1.29 is 4.79 Å². The highest BCUT2D eigenvalue weighted by atomic mass is 32.1. The molecule has 1 aromatic carbocycles. The van der Waals surface area contributed by atoms with Crippen LogP contribution in [0.2, 0.25) is 0 Å². The normalized spacial score (nSPS) is 12.3. The van der Waals surface area contributed by atoms with Gasteiger partial charge in [-0.2, -0.15) is 0 Å². The molecular weight excluding hydrogens is 272 g/mol. The predicted octanol–water partition coefficient (Wildman–Crippen LogP) is 2.60. The number of carbonyl (C=O) groups is 1. The third-order valence-corrected chi connectivity index (χ3v) is 4.04. The van der Waals surface area contributed by atoms with E-state index < -0.39 is 0 Å². The Kier molecular flexibility index (Phi) is 4.79. The Morgan fingerprint density at radius 1 is 1.50 bits per heavy atom. The number of carbonyl (C=O) groups excluding carboxylic acids is 1. The van der Waals surface area contributed by atoms with Crippen molar-refractivity contribution in [2.75, 3.05) is 17.6 Å². The molecule has 20 heavy (non-hydrogen) atoms. The molecule has 0 aliphatic rings. The van der Waals surface area contributed by atoms with Gasteiger partial charge < -0.3 is 16.4 Å². The van der Waals surface area contributed by atoms with Crippen molar-refractivity contribution in [2.24, 2.45) is 0 Å². The number of nitrogens with two attached hydrogens (primary N) is 1. The summed E-state index contributed by atoms with van der Waals surface area (Å²) >= 11 is 1.55. The Labute approximate surface area is 122 Å². The van der Waals surface area contributed by atoms with Crippen LogP contribution in [0.5, 0.6) is 0 Å². The molecule has 0 spiro atoms. The molecule has 0 fully saturated rings. The van der Waals surface area contributed by atoms with Gasteiger partial charge in [0.1, 0.15) is 0 Å². The van der Waals surface area contributed by atoms with Crippen molar-refractivity contribution in [3.8, 4) is 0 Å². The van der Waals surface area contributed by atoms with Crippen molar-refractivity contribution in [3.05, 3.63) is 18.2 Å². The van der Waals surface area contributed by atoms with Crippen LogP contribution < -0.4 is 16.4 Å². The molecule has 0 saturated carbocycles. The molecule has 4 N–H and O–H groups in total. The molecule has 108 valence electrons. The van der Waals surface area contributed by atoms with E-state index >= 15 is 0 Å². The monoisotopic (exact) mass is 292 g/mol.